The number of carbonyl (C=O) groups is 3. The van der Waals surface area contributed by atoms with Gasteiger partial charge in [0.05, 0.1) is 13.2 Å². The summed E-state index contributed by atoms with van der Waals surface area (Å²) >= 11 is 0. The Bertz CT molecular complexity index is 2040. The SMILES string of the molecule is CCCCCCCCC/C=C\CCCCCC(=O)OC(COC(=O)CCCCCCCCCCCCCCC)COP(=O)(O)OC1C(OC2OC(CO)C(O)C(O)C2O)C(O)C(O)C(O)C1OC1OC(COC(=O)CCCCCCCCCCCCCCCC)C(O)C(O)C1O. The van der Waals surface area contributed by atoms with Gasteiger partial charge >= 0.3 is 25.7 Å². The van der Waals surface area contributed by atoms with Crippen molar-refractivity contribution in [2.75, 3.05) is 26.4 Å². The lowest BCUT2D eigenvalue weighted by Gasteiger charge is -2.49. The van der Waals surface area contributed by atoms with Crippen molar-refractivity contribution in [1.82, 2.24) is 0 Å². The Morgan fingerprint density at radius 2 is 0.729 bits per heavy atom. The predicted octanol–water partition coefficient (Wildman–Crippen LogP) is 9.96. The molecule has 2 saturated heterocycles. The maximum atomic E-state index is 14.3. The summed E-state index contributed by atoms with van der Waals surface area (Å²) in [6.07, 6.45) is 11.4. The molecule has 0 radical (unpaired) electrons. The fourth-order valence-electron chi connectivity index (χ4n) is 12.4. The minimum absolute atomic E-state index is 0.0319. The van der Waals surface area contributed by atoms with Crippen LogP contribution in [-0.4, -0.2) is 204 Å². The van der Waals surface area contributed by atoms with Gasteiger partial charge < -0.3 is 89.1 Å². The van der Waals surface area contributed by atoms with Crippen LogP contribution in [0.5, 0.6) is 0 Å². The van der Waals surface area contributed by atoms with Gasteiger partial charge in [0.15, 0.2) is 18.7 Å². The van der Waals surface area contributed by atoms with Crippen molar-refractivity contribution in [1.29, 1.82) is 0 Å². The second-order valence-corrected chi connectivity index (χ2v) is 28.4. The molecule has 18 atom stereocenters. The van der Waals surface area contributed by atoms with Crippen LogP contribution >= 0.6 is 7.82 Å². The molecular formula is C71H131O24P. The van der Waals surface area contributed by atoms with E-state index in [-0.39, 0.29) is 19.3 Å². The highest BCUT2D eigenvalue weighted by molar-refractivity contribution is 7.47. The number of hydrogen-bond donors (Lipinski definition) is 11. The first-order chi connectivity index (χ1) is 46.3. The predicted molar refractivity (Wildman–Crippen MR) is 361 cm³/mol. The van der Waals surface area contributed by atoms with Crippen LogP contribution < -0.4 is 0 Å². The van der Waals surface area contributed by atoms with E-state index >= 15 is 0 Å². The molecular weight excluding hydrogens is 1270 g/mol. The number of phosphoric ester groups is 1. The van der Waals surface area contributed by atoms with E-state index < -0.39 is 156 Å². The van der Waals surface area contributed by atoms with Crippen LogP contribution in [0.4, 0.5) is 0 Å². The summed E-state index contributed by atoms with van der Waals surface area (Å²) in [6.45, 7) is 3.43. The molecule has 0 aromatic rings. The molecule has 0 aromatic carbocycles. The van der Waals surface area contributed by atoms with Gasteiger partial charge in [0.25, 0.3) is 0 Å². The standard InChI is InChI=1S/C71H131O24P/c1-4-7-10-13-16-19-22-25-28-31-34-37-40-43-46-56(74)88-51-54-59(77)61(79)66(84)71(92-54)94-68-64(82)62(80)63(81)67(93-70-65(83)60(78)58(76)53(48-72)91-70)69(68)95-96(85,86)89-50-52(49-87-55(73)45-42-39-36-33-30-27-24-21-18-15-12-9-6-3)90-57(75)47-44-41-38-35-32-29-26-23-20-17-14-11-8-5-2/h29,32,52-54,58-72,76-84H,4-28,30-31,33-51H2,1-3H3,(H,85,86)/b32-29-. The molecule has 96 heavy (non-hydrogen) atoms. The first-order valence-electron chi connectivity index (χ1n) is 37.5. The van der Waals surface area contributed by atoms with Crippen molar-refractivity contribution in [2.24, 2.45) is 0 Å². The summed E-state index contributed by atoms with van der Waals surface area (Å²) in [5, 5.41) is 110. The molecule has 0 bridgehead atoms. The van der Waals surface area contributed by atoms with E-state index in [1.54, 1.807) is 0 Å². The first-order valence-corrected chi connectivity index (χ1v) is 39.0. The zero-order valence-electron chi connectivity index (χ0n) is 58.7. The quantitative estimate of drug-likeness (QED) is 0.00886. The van der Waals surface area contributed by atoms with E-state index in [0.29, 0.717) is 25.7 Å². The normalized spacial score (nSPS) is 28.0. The van der Waals surface area contributed by atoms with Gasteiger partial charge in [-0.05, 0) is 44.9 Å². The van der Waals surface area contributed by atoms with Crippen LogP contribution in [0.25, 0.3) is 0 Å². The maximum absolute atomic E-state index is 14.3. The van der Waals surface area contributed by atoms with E-state index in [0.717, 1.165) is 89.9 Å². The van der Waals surface area contributed by atoms with Crippen molar-refractivity contribution in [3.63, 3.8) is 0 Å². The molecule has 0 spiro atoms. The molecule has 1 aliphatic carbocycles. The Hall–Kier alpha value is -2.30. The van der Waals surface area contributed by atoms with Gasteiger partial charge in [0, 0.05) is 19.3 Å². The molecule has 1 saturated carbocycles. The number of carbonyl (C=O) groups excluding carboxylic acids is 3. The summed E-state index contributed by atoms with van der Waals surface area (Å²) in [5.74, 6) is -2.00. The Labute approximate surface area is 573 Å². The third-order valence-corrected chi connectivity index (χ3v) is 19.5. The van der Waals surface area contributed by atoms with Crippen molar-refractivity contribution in [3.05, 3.63) is 12.2 Å². The van der Waals surface area contributed by atoms with Crippen molar-refractivity contribution in [2.45, 2.75) is 395 Å². The summed E-state index contributed by atoms with van der Waals surface area (Å²) in [4.78, 5) is 50.9. The van der Waals surface area contributed by atoms with E-state index in [1.165, 1.54) is 135 Å². The molecule has 2 aliphatic heterocycles. The van der Waals surface area contributed by atoms with Gasteiger partial charge in [-0.15, -0.1) is 0 Å². The molecule has 18 unspecified atom stereocenters. The molecule has 3 rings (SSSR count). The van der Waals surface area contributed by atoms with Crippen molar-refractivity contribution >= 4 is 25.7 Å². The van der Waals surface area contributed by atoms with Gasteiger partial charge in [-0.25, -0.2) is 4.57 Å². The fraction of sp³-hybridized carbons (Fsp3) is 0.930. The van der Waals surface area contributed by atoms with E-state index in [2.05, 4.69) is 32.9 Å². The third kappa shape index (κ3) is 36.5. The number of hydrogen-bond acceptors (Lipinski definition) is 23. The fourth-order valence-corrected chi connectivity index (χ4v) is 13.4. The minimum atomic E-state index is -5.69. The first kappa shape index (κ1) is 87.9. The Balaban J connectivity index is 1.74. The van der Waals surface area contributed by atoms with E-state index in [1.807, 2.05) is 0 Å². The molecule has 25 heteroatoms. The Kier molecular flexibility index (Phi) is 49.0. The van der Waals surface area contributed by atoms with Gasteiger partial charge in [0.2, 0.25) is 0 Å². The third-order valence-electron chi connectivity index (χ3n) is 18.5. The second kappa shape index (κ2) is 53.5. The van der Waals surface area contributed by atoms with Crippen LogP contribution in [0, 0.1) is 0 Å². The number of rotatable bonds is 58. The largest absolute Gasteiger partial charge is 0.472 e. The van der Waals surface area contributed by atoms with Gasteiger partial charge in [0.1, 0.15) is 98.7 Å². The maximum Gasteiger partial charge on any atom is 0.472 e. The molecule has 0 aromatic heterocycles. The average molecular weight is 1400 g/mol. The van der Waals surface area contributed by atoms with Crippen LogP contribution in [0.1, 0.15) is 290 Å². The number of aliphatic hydroxyl groups is 10. The highest BCUT2D eigenvalue weighted by Crippen LogP contribution is 2.49. The summed E-state index contributed by atoms with van der Waals surface area (Å²) in [7, 11) is -5.69. The lowest BCUT2D eigenvalue weighted by Crippen LogP contribution is -2.69. The van der Waals surface area contributed by atoms with Crippen molar-refractivity contribution in [3.8, 4) is 0 Å². The summed E-state index contributed by atoms with van der Waals surface area (Å²) in [5.41, 5.74) is 0. The molecule has 564 valence electrons. The topological polar surface area (TPSA) is 374 Å². The highest BCUT2D eigenvalue weighted by Gasteiger charge is 2.58. The molecule has 3 fully saturated rings. The van der Waals surface area contributed by atoms with Gasteiger partial charge in [-0.3, -0.25) is 23.4 Å². The van der Waals surface area contributed by atoms with Crippen molar-refractivity contribution < 1.29 is 117 Å². The number of phosphoric acid groups is 1. The summed E-state index contributed by atoms with van der Waals surface area (Å²) in [6, 6.07) is 0. The molecule has 24 nitrogen and oxygen atoms in total. The second-order valence-electron chi connectivity index (χ2n) is 27.0. The summed E-state index contributed by atoms with van der Waals surface area (Å²) < 4.78 is 65.0. The van der Waals surface area contributed by atoms with Crippen LogP contribution in [0.15, 0.2) is 12.2 Å². The lowest BCUT2D eigenvalue weighted by molar-refractivity contribution is -0.360. The minimum Gasteiger partial charge on any atom is -0.463 e. The average Bonchev–Trinajstić information content (AvgIpc) is 0.764. The number of ether oxygens (including phenoxy) is 7. The Morgan fingerprint density at radius 1 is 0.396 bits per heavy atom. The van der Waals surface area contributed by atoms with Crippen LogP contribution in [0.3, 0.4) is 0 Å². The van der Waals surface area contributed by atoms with E-state index in [9.17, 15) is 74.9 Å². The lowest BCUT2D eigenvalue weighted by atomic mass is 9.84. The van der Waals surface area contributed by atoms with Gasteiger partial charge in [-0.1, -0.05) is 238 Å². The molecule has 3 aliphatic rings. The smallest absolute Gasteiger partial charge is 0.463 e. The molecule has 2 heterocycles. The highest BCUT2D eigenvalue weighted by atomic mass is 31.2. The number of allylic oxidation sites excluding steroid dienone is 2. The van der Waals surface area contributed by atoms with E-state index in [4.69, 9.17) is 42.2 Å². The van der Waals surface area contributed by atoms with Gasteiger partial charge in [-0.2, -0.15) is 0 Å². The molecule has 11 N–H and O–H groups in total. The van der Waals surface area contributed by atoms with Crippen LogP contribution in [0.2, 0.25) is 0 Å². The number of aliphatic hydroxyl groups excluding tert-OH is 10. The zero-order valence-corrected chi connectivity index (χ0v) is 59.6. The zero-order chi connectivity index (χ0) is 70.4. The Morgan fingerprint density at radius 3 is 1.14 bits per heavy atom. The number of unbranched alkanes of at least 4 members (excludes halogenated alkanes) is 35. The molecule has 0 amide bonds. The number of esters is 3. The van der Waals surface area contributed by atoms with Crippen LogP contribution in [-0.2, 0) is 61.2 Å². The monoisotopic (exact) mass is 1400 g/mol.